The fourth-order valence-corrected chi connectivity index (χ4v) is 3.25. The second-order valence-corrected chi connectivity index (χ2v) is 7.43. The van der Waals surface area contributed by atoms with Crippen molar-refractivity contribution < 1.29 is 23.5 Å². The van der Waals surface area contributed by atoms with Gasteiger partial charge in [-0.2, -0.15) is 4.98 Å². The highest BCUT2D eigenvalue weighted by Gasteiger charge is 2.27. The molecule has 2 aromatic carbocycles. The number of nitrogens with one attached hydrogen (secondary N) is 1. The zero-order valence-corrected chi connectivity index (χ0v) is 17.5. The number of amides is 1. The van der Waals surface area contributed by atoms with Crippen LogP contribution in [0.25, 0.3) is 11.4 Å². The van der Waals surface area contributed by atoms with Gasteiger partial charge in [0.25, 0.3) is 0 Å². The van der Waals surface area contributed by atoms with Crippen molar-refractivity contribution in [3.05, 3.63) is 60.0 Å². The Morgan fingerprint density at radius 1 is 1.16 bits per heavy atom. The van der Waals surface area contributed by atoms with E-state index in [0.29, 0.717) is 29.8 Å². The van der Waals surface area contributed by atoms with Crippen LogP contribution < -0.4 is 14.8 Å². The Balaban J connectivity index is 1.41. The summed E-state index contributed by atoms with van der Waals surface area (Å²) in [5.41, 5.74) is 1.76. The lowest BCUT2D eigenvalue weighted by Gasteiger charge is -2.20. The molecule has 0 fully saturated rings. The average Bonchev–Trinajstić information content (AvgIpc) is 3.47. The van der Waals surface area contributed by atoms with E-state index in [2.05, 4.69) is 15.5 Å². The molecule has 0 aliphatic carbocycles. The minimum atomic E-state index is -0.409. The van der Waals surface area contributed by atoms with Crippen LogP contribution in [-0.2, 0) is 16.1 Å². The third kappa shape index (κ3) is 5.03. The second-order valence-electron chi connectivity index (χ2n) is 7.43. The molecule has 0 radical (unpaired) electrons. The molecular weight excluding hydrogens is 398 g/mol. The van der Waals surface area contributed by atoms with Crippen LogP contribution in [0.15, 0.2) is 53.1 Å². The first-order chi connectivity index (χ1) is 15.1. The summed E-state index contributed by atoms with van der Waals surface area (Å²) in [6.07, 6.45) is 0.831. The molecule has 0 saturated carbocycles. The molecule has 0 unspecified atom stereocenters. The molecule has 8 nitrogen and oxygen atoms in total. The van der Waals surface area contributed by atoms with Crippen LogP contribution >= 0.6 is 0 Å². The normalized spacial score (nSPS) is 14.3. The molecule has 8 heteroatoms. The van der Waals surface area contributed by atoms with Gasteiger partial charge in [-0.15, -0.1) is 0 Å². The van der Waals surface area contributed by atoms with Gasteiger partial charge in [0.15, 0.2) is 11.5 Å². The number of aromatic nitrogens is 2. The number of ether oxygens (including phenoxy) is 3. The van der Waals surface area contributed by atoms with E-state index < -0.39 is 6.04 Å². The summed E-state index contributed by atoms with van der Waals surface area (Å²) < 4.78 is 21.8. The number of hydrogen-bond acceptors (Lipinski definition) is 7. The van der Waals surface area contributed by atoms with E-state index in [1.807, 2.05) is 62.4 Å². The molecule has 31 heavy (non-hydrogen) atoms. The van der Waals surface area contributed by atoms with E-state index in [4.69, 9.17) is 18.7 Å². The van der Waals surface area contributed by atoms with Gasteiger partial charge in [-0.25, -0.2) is 0 Å². The van der Waals surface area contributed by atoms with Gasteiger partial charge < -0.3 is 24.1 Å². The highest BCUT2D eigenvalue weighted by atomic mass is 16.7. The van der Waals surface area contributed by atoms with Crippen molar-refractivity contribution in [2.24, 2.45) is 5.92 Å². The highest BCUT2D eigenvalue weighted by Crippen LogP contribution is 2.35. The van der Waals surface area contributed by atoms with Gasteiger partial charge in [-0.3, -0.25) is 4.79 Å². The van der Waals surface area contributed by atoms with Crippen molar-refractivity contribution in [1.82, 2.24) is 15.5 Å². The molecule has 0 bridgehead atoms. The summed E-state index contributed by atoms with van der Waals surface area (Å²) in [5, 5.41) is 7.07. The number of hydrogen-bond donors (Lipinski definition) is 1. The predicted molar refractivity (Wildman–Crippen MR) is 112 cm³/mol. The lowest BCUT2D eigenvalue weighted by Crippen LogP contribution is -2.35. The van der Waals surface area contributed by atoms with Crippen LogP contribution in [0.5, 0.6) is 11.5 Å². The molecule has 1 aromatic heterocycles. The van der Waals surface area contributed by atoms with Gasteiger partial charge in [0, 0.05) is 5.56 Å². The molecule has 0 saturated heterocycles. The van der Waals surface area contributed by atoms with Crippen LogP contribution in [0.4, 0.5) is 0 Å². The smallest absolute Gasteiger partial charge is 0.249 e. The molecular formula is C23H25N3O5. The molecule has 2 heterocycles. The van der Waals surface area contributed by atoms with Gasteiger partial charge in [0.2, 0.25) is 24.4 Å². The maximum Gasteiger partial charge on any atom is 0.249 e. The van der Waals surface area contributed by atoms with E-state index in [1.165, 1.54) is 0 Å². The minimum absolute atomic E-state index is 0.0506. The first-order valence-electron chi connectivity index (χ1n) is 10.3. The van der Waals surface area contributed by atoms with Crippen molar-refractivity contribution in [2.45, 2.75) is 32.9 Å². The summed E-state index contributed by atoms with van der Waals surface area (Å²) >= 11 is 0. The number of carbonyl (C=O) groups excluding carboxylic acids is 1. The summed E-state index contributed by atoms with van der Waals surface area (Å²) in [6.45, 7) is 4.60. The number of nitrogens with zero attached hydrogens (tertiary/aromatic N) is 2. The number of fused-ring (bicyclic) bond motifs is 1. The predicted octanol–water partition coefficient (Wildman–Crippen LogP) is 3.89. The third-order valence-electron chi connectivity index (χ3n) is 5.21. The Kier molecular flexibility index (Phi) is 6.47. The maximum atomic E-state index is 12.5. The van der Waals surface area contributed by atoms with Gasteiger partial charge in [0.05, 0.1) is 6.61 Å². The Bertz CT molecular complexity index is 1020. The Morgan fingerprint density at radius 2 is 1.97 bits per heavy atom. The van der Waals surface area contributed by atoms with Crippen LogP contribution in [0.2, 0.25) is 0 Å². The summed E-state index contributed by atoms with van der Waals surface area (Å²) in [6, 6.07) is 14.8. The van der Waals surface area contributed by atoms with Crippen LogP contribution in [0.1, 0.15) is 37.8 Å². The molecule has 162 valence electrons. The zero-order valence-electron chi connectivity index (χ0n) is 17.5. The van der Waals surface area contributed by atoms with Crippen LogP contribution in [0, 0.1) is 5.92 Å². The lowest BCUT2D eigenvalue weighted by atomic mass is 9.99. The van der Waals surface area contributed by atoms with Gasteiger partial charge in [0.1, 0.15) is 12.6 Å². The van der Waals surface area contributed by atoms with Crippen molar-refractivity contribution in [2.75, 3.05) is 13.4 Å². The largest absolute Gasteiger partial charge is 0.454 e. The standard InChI is InChI=1S/C23H25N3O5/c1-3-15(2)21(24-20(27)13-28-12-16-7-5-4-6-8-16)23-25-22(26-31-23)17-9-10-18-19(11-17)30-14-29-18/h4-11,15,21H,3,12-14H2,1-2H3,(H,24,27)/t15-,21+/m0/s1. The van der Waals surface area contributed by atoms with Gasteiger partial charge >= 0.3 is 0 Å². The van der Waals surface area contributed by atoms with E-state index in [1.54, 1.807) is 0 Å². The molecule has 1 amide bonds. The van der Waals surface area contributed by atoms with Crippen molar-refractivity contribution >= 4 is 5.91 Å². The van der Waals surface area contributed by atoms with E-state index >= 15 is 0 Å². The van der Waals surface area contributed by atoms with Gasteiger partial charge in [-0.1, -0.05) is 55.8 Å². The molecule has 0 spiro atoms. The van der Waals surface area contributed by atoms with E-state index in [-0.39, 0.29) is 25.2 Å². The van der Waals surface area contributed by atoms with Gasteiger partial charge in [-0.05, 0) is 29.7 Å². The first kappa shape index (κ1) is 20.9. The quantitative estimate of drug-likeness (QED) is 0.558. The fourth-order valence-electron chi connectivity index (χ4n) is 3.25. The third-order valence-corrected chi connectivity index (χ3v) is 5.21. The molecule has 1 aliphatic heterocycles. The van der Waals surface area contributed by atoms with E-state index in [9.17, 15) is 4.79 Å². The molecule has 3 aromatic rings. The average molecular weight is 423 g/mol. The monoisotopic (exact) mass is 423 g/mol. The number of rotatable bonds is 9. The molecule has 4 rings (SSSR count). The fraction of sp³-hybridized carbons (Fsp3) is 0.348. The summed E-state index contributed by atoms with van der Waals surface area (Å²) in [7, 11) is 0. The maximum absolute atomic E-state index is 12.5. The number of benzene rings is 2. The zero-order chi connectivity index (χ0) is 21.6. The van der Waals surface area contributed by atoms with E-state index in [0.717, 1.165) is 17.5 Å². The Labute approximate surface area is 180 Å². The van der Waals surface area contributed by atoms with Crippen molar-refractivity contribution in [1.29, 1.82) is 0 Å². The highest BCUT2D eigenvalue weighted by molar-refractivity contribution is 5.77. The summed E-state index contributed by atoms with van der Waals surface area (Å²) in [4.78, 5) is 17.0. The molecule has 1 N–H and O–H groups in total. The van der Waals surface area contributed by atoms with Crippen molar-refractivity contribution in [3.8, 4) is 22.9 Å². The molecule has 1 aliphatic rings. The van der Waals surface area contributed by atoms with Crippen LogP contribution in [-0.4, -0.2) is 29.4 Å². The Morgan fingerprint density at radius 3 is 2.77 bits per heavy atom. The number of carbonyl (C=O) groups is 1. The Hall–Kier alpha value is -3.39. The summed E-state index contributed by atoms with van der Waals surface area (Å²) in [5.74, 6) is 1.99. The van der Waals surface area contributed by atoms with Crippen molar-refractivity contribution in [3.63, 3.8) is 0 Å². The van der Waals surface area contributed by atoms with Crippen LogP contribution in [0.3, 0.4) is 0 Å². The molecule has 2 atom stereocenters. The minimum Gasteiger partial charge on any atom is -0.454 e. The second kappa shape index (κ2) is 9.61. The SMILES string of the molecule is CC[C@H](C)[C@@H](NC(=O)COCc1ccccc1)c1nc(-c2ccc3c(c2)OCO3)no1. The lowest BCUT2D eigenvalue weighted by molar-refractivity contribution is -0.127. The first-order valence-corrected chi connectivity index (χ1v) is 10.3. The topological polar surface area (TPSA) is 95.7 Å².